The summed E-state index contributed by atoms with van der Waals surface area (Å²) in [5, 5.41) is 8.86. The second-order valence-corrected chi connectivity index (χ2v) is 5.58. The molecule has 0 unspecified atom stereocenters. The summed E-state index contributed by atoms with van der Waals surface area (Å²) in [6, 6.07) is 1.46. The van der Waals surface area contributed by atoms with Crippen LogP contribution in [0.25, 0.3) is 0 Å². The molecule has 108 valence electrons. The average molecular weight is 295 g/mol. The molecule has 0 aliphatic heterocycles. The van der Waals surface area contributed by atoms with Crippen molar-refractivity contribution in [2.24, 2.45) is 0 Å². The number of rotatable bonds is 6. The highest BCUT2D eigenvalue weighted by molar-refractivity contribution is 7.14. The number of carboxylic acid groups (broad SMARTS) is 1. The molecule has 1 aromatic rings. The van der Waals surface area contributed by atoms with E-state index in [1.54, 1.807) is 6.92 Å². The summed E-state index contributed by atoms with van der Waals surface area (Å²) < 4.78 is 37.3. The van der Waals surface area contributed by atoms with E-state index in [4.69, 9.17) is 5.11 Å². The maximum Gasteiger partial charge on any atom is 0.401 e. The summed E-state index contributed by atoms with van der Waals surface area (Å²) in [6.45, 7) is 3.02. The minimum Gasteiger partial charge on any atom is -0.477 e. The van der Waals surface area contributed by atoms with Crippen LogP contribution < -0.4 is 0 Å². The normalized spacial score (nSPS) is 12.1. The predicted molar refractivity (Wildman–Crippen MR) is 67.6 cm³/mol. The largest absolute Gasteiger partial charge is 0.477 e. The number of hydrogen-bond acceptors (Lipinski definition) is 3. The number of alkyl halides is 3. The minimum atomic E-state index is -4.24. The molecule has 1 aromatic heterocycles. The summed E-state index contributed by atoms with van der Waals surface area (Å²) in [6.07, 6.45) is -3.63. The van der Waals surface area contributed by atoms with Gasteiger partial charge in [-0.15, -0.1) is 11.3 Å². The Labute approximate surface area is 113 Å². The lowest BCUT2D eigenvalue weighted by Crippen LogP contribution is -2.34. The molecule has 0 aromatic carbocycles. The van der Waals surface area contributed by atoms with Crippen molar-refractivity contribution >= 4 is 17.3 Å². The van der Waals surface area contributed by atoms with Crippen molar-refractivity contribution in [2.75, 3.05) is 13.1 Å². The molecule has 0 saturated carbocycles. The van der Waals surface area contributed by atoms with Crippen molar-refractivity contribution in [1.82, 2.24) is 4.90 Å². The lowest BCUT2D eigenvalue weighted by atomic mass is 10.2. The average Bonchev–Trinajstić information content (AvgIpc) is 2.58. The topological polar surface area (TPSA) is 40.5 Å². The highest BCUT2D eigenvalue weighted by Gasteiger charge is 2.30. The molecular weight excluding hydrogens is 279 g/mol. The van der Waals surface area contributed by atoms with Crippen molar-refractivity contribution in [3.63, 3.8) is 0 Å². The van der Waals surface area contributed by atoms with E-state index in [1.807, 2.05) is 6.92 Å². The van der Waals surface area contributed by atoms with Crippen molar-refractivity contribution in [3.05, 3.63) is 21.4 Å². The first-order valence-corrected chi connectivity index (χ1v) is 6.66. The molecule has 0 bridgehead atoms. The van der Waals surface area contributed by atoms with E-state index in [0.717, 1.165) is 16.2 Å². The monoisotopic (exact) mass is 295 g/mol. The van der Waals surface area contributed by atoms with E-state index >= 15 is 0 Å². The van der Waals surface area contributed by atoms with Crippen LogP contribution in [0.5, 0.6) is 0 Å². The van der Waals surface area contributed by atoms with Crippen molar-refractivity contribution in [1.29, 1.82) is 0 Å². The van der Waals surface area contributed by atoms with E-state index in [2.05, 4.69) is 0 Å². The fourth-order valence-electron chi connectivity index (χ4n) is 1.81. The number of carbonyl (C=O) groups is 1. The molecule has 1 N–H and O–H groups in total. The molecule has 19 heavy (non-hydrogen) atoms. The predicted octanol–water partition coefficient (Wildman–Crippen LogP) is 3.53. The first-order valence-electron chi connectivity index (χ1n) is 5.84. The summed E-state index contributed by atoms with van der Waals surface area (Å²) in [4.78, 5) is 13.0. The molecule has 0 aliphatic rings. The molecule has 0 aliphatic carbocycles. The van der Waals surface area contributed by atoms with Crippen molar-refractivity contribution < 1.29 is 23.1 Å². The molecular formula is C12H16F3NO2S. The highest BCUT2D eigenvalue weighted by Crippen LogP contribution is 2.25. The summed E-state index contributed by atoms with van der Waals surface area (Å²) in [5.74, 6) is -1.04. The Morgan fingerprint density at radius 3 is 2.53 bits per heavy atom. The van der Waals surface area contributed by atoms with Gasteiger partial charge in [-0.05, 0) is 31.5 Å². The van der Waals surface area contributed by atoms with Crippen LogP contribution in [-0.2, 0) is 6.54 Å². The first kappa shape index (κ1) is 16.0. The Hall–Kier alpha value is -1.08. The maximum absolute atomic E-state index is 12.4. The van der Waals surface area contributed by atoms with Gasteiger partial charge in [0, 0.05) is 11.4 Å². The molecule has 0 fully saturated rings. The van der Waals surface area contributed by atoms with E-state index in [9.17, 15) is 18.0 Å². The van der Waals surface area contributed by atoms with Crippen molar-refractivity contribution in [2.45, 2.75) is 33.0 Å². The van der Waals surface area contributed by atoms with E-state index < -0.39 is 18.7 Å². The second kappa shape index (κ2) is 6.38. The molecule has 0 radical (unpaired) electrons. The molecule has 1 heterocycles. The zero-order chi connectivity index (χ0) is 14.6. The molecule has 0 atom stereocenters. The fraction of sp³-hybridized carbons (Fsp3) is 0.583. The lowest BCUT2D eigenvalue weighted by Gasteiger charge is -2.22. The number of aromatic carboxylic acids is 1. The summed E-state index contributed by atoms with van der Waals surface area (Å²) >= 11 is 1.09. The van der Waals surface area contributed by atoms with Crippen LogP contribution in [-0.4, -0.2) is 35.2 Å². The Balaban J connectivity index is 2.81. The summed E-state index contributed by atoms with van der Waals surface area (Å²) in [5.41, 5.74) is 0.653. The van der Waals surface area contributed by atoms with Gasteiger partial charge in [-0.25, -0.2) is 4.79 Å². The first-order chi connectivity index (χ1) is 8.73. The minimum absolute atomic E-state index is 0.128. The van der Waals surface area contributed by atoms with E-state index in [-0.39, 0.29) is 11.4 Å². The number of hydrogen-bond donors (Lipinski definition) is 1. The van der Waals surface area contributed by atoms with Gasteiger partial charge in [-0.2, -0.15) is 13.2 Å². The van der Waals surface area contributed by atoms with Crippen LogP contribution in [0.3, 0.4) is 0 Å². The van der Waals surface area contributed by atoms with Gasteiger partial charge in [-0.3, -0.25) is 4.90 Å². The van der Waals surface area contributed by atoms with E-state index in [0.29, 0.717) is 18.5 Å². The Morgan fingerprint density at radius 1 is 1.47 bits per heavy atom. The second-order valence-electron chi connectivity index (χ2n) is 4.32. The summed E-state index contributed by atoms with van der Waals surface area (Å²) in [7, 11) is 0. The van der Waals surface area contributed by atoms with Crippen molar-refractivity contribution in [3.8, 4) is 0 Å². The number of carboxylic acids is 1. The number of nitrogens with zero attached hydrogens (tertiary/aromatic N) is 1. The third-order valence-electron chi connectivity index (χ3n) is 2.57. The molecule has 0 spiro atoms. The van der Waals surface area contributed by atoms with Crippen LogP contribution in [0.15, 0.2) is 6.07 Å². The maximum atomic E-state index is 12.4. The number of aryl methyl sites for hydroxylation is 1. The molecule has 3 nitrogen and oxygen atoms in total. The third-order valence-corrected chi connectivity index (χ3v) is 3.65. The van der Waals surface area contributed by atoms with Gasteiger partial charge in [0.25, 0.3) is 0 Å². The van der Waals surface area contributed by atoms with Gasteiger partial charge < -0.3 is 5.11 Å². The molecule has 7 heteroatoms. The fourth-order valence-corrected chi connectivity index (χ4v) is 2.68. The third kappa shape index (κ3) is 5.20. The highest BCUT2D eigenvalue weighted by atomic mass is 32.1. The van der Waals surface area contributed by atoms with Crippen LogP contribution in [0.1, 0.15) is 33.5 Å². The van der Waals surface area contributed by atoms with Gasteiger partial charge in [0.05, 0.1) is 6.54 Å². The van der Waals surface area contributed by atoms with E-state index in [1.165, 1.54) is 11.0 Å². The standard InChI is InChI=1S/C12H16F3NO2S/c1-3-4-16(7-12(13,14)15)6-9-5-10(11(17)18)19-8(9)2/h5H,3-4,6-7H2,1-2H3,(H,17,18). The van der Waals surface area contributed by atoms with Crippen LogP contribution in [0, 0.1) is 6.92 Å². The van der Waals surface area contributed by atoms with Gasteiger partial charge >= 0.3 is 12.1 Å². The van der Waals surface area contributed by atoms with Crippen LogP contribution in [0.4, 0.5) is 13.2 Å². The van der Waals surface area contributed by atoms with Gasteiger partial charge in [-0.1, -0.05) is 6.92 Å². The molecule has 0 saturated heterocycles. The van der Waals surface area contributed by atoms with Crippen LogP contribution >= 0.6 is 11.3 Å². The number of halogens is 3. The zero-order valence-electron chi connectivity index (χ0n) is 10.8. The number of thiophene rings is 1. The Morgan fingerprint density at radius 2 is 2.11 bits per heavy atom. The van der Waals surface area contributed by atoms with Gasteiger partial charge in [0.2, 0.25) is 0 Å². The lowest BCUT2D eigenvalue weighted by molar-refractivity contribution is -0.147. The Kier molecular flexibility index (Phi) is 5.37. The Bertz CT molecular complexity index is 443. The van der Waals surface area contributed by atoms with Crippen LogP contribution in [0.2, 0.25) is 0 Å². The molecule has 0 amide bonds. The van der Waals surface area contributed by atoms with Gasteiger partial charge in [0.15, 0.2) is 0 Å². The zero-order valence-corrected chi connectivity index (χ0v) is 11.6. The molecule has 1 rings (SSSR count). The quantitative estimate of drug-likeness (QED) is 0.873. The van der Waals surface area contributed by atoms with Gasteiger partial charge in [0.1, 0.15) is 4.88 Å². The smallest absolute Gasteiger partial charge is 0.401 e. The SMILES string of the molecule is CCCN(Cc1cc(C(=O)O)sc1C)CC(F)(F)F.